The summed E-state index contributed by atoms with van der Waals surface area (Å²) >= 11 is 3.27. The van der Waals surface area contributed by atoms with Gasteiger partial charge < -0.3 is 16.0 Å². The lowest BCUT2D eigenvalue weighted by Gasteiger charge is -2.21. The van der Waals surface area contributed by atoms with Crippen molar-refractivity contribution in [2.24, 2.45) is 5.73 Å². The second kappa shape index (κ2) is 8.34. The topological polar surface area (TPSA) is 58.4 Å². The van der Waals surface area contributed by atoms with Gasteiger partial charge in [-0.25, -0.2) is 4.39 Å². The van der Waals surface area contributed by atoms with Gasteiger partial charge in [0.05, 0.1) is 0 Å². The molecule has 0 aliphatic carbocycles. The summed E-state index contributed by atoms with van der Waals surface area (Å²) in [5, 5.41) is 3.03. The number of halogens is 2. The molecular formula is C14H21BrFN3O. The summed E-state index contributed by atoms with van der Waals surface area (Å²) < 4.78 is 14.5. The number of primary amides is 1. The summed E-state index contributed by atoms with van der Waals surface area (Å²) in [6, 6.07) is 3.67. The van der Waals surface area contributed by atoms with E-state index in [-0.39, 0.29) is 5.56 Å². The highest BCUT2D eigenvalue weighted by Crippen LogP contribution is 2.21. The summed E-state index contributed by atoms with van der Waals surface area (Å²) in [5.41, 5.74) is 5.64. The van der Waals surface area contributed by atoms with Crippen LogP contribution in [0.25, 0.3) is 0 Å². The fourth-order valence-electron chi connectivity index (χ4n) is 2.01. The average Bonchev–Trinajstić information content (AvgIpc) is 2.42. The molecule has 6 heteroatoms. The number of carbonyl (C=O) groups is 1. The minimum Gasteiger partial charge on any atom is -0.368 e. The van der Waals surface area contributed by atoms with E-state index in [0.717, 1.165) is 19.6 Å². The first kappa shape index (κ1) is 17.1. The van der Waals surface area contributed by atoms with Crippen molar-refractivity contribution in [3.63, 3.8) is 0 Å². The van der Waals surface area contributed by atoms with Crippen molar-refractivity contribution < 1.29 is 9.18 Å². The highest BCUT2D eigenvalue weighted by Gasteiger charge is 2.21. The Morgan fingerprint density at radius 3 is 2.65 bits per heavy atom. The minimum atomic E-state index is -0.817. The van der Waals surface area contributed by atoms with Crippen molar-refractivity contribution in [2.45, 2.75) is 19.9 Å². The van der Waals surface area contributed by atoms with Crippen LogP contribution in [0.5, 0.6) is 0 Å². The molecule has 0 saturated heterocycles. The molecule has 1 atom stereocenters. The Kier molecular flexibility index (Phi) is 7.12. The number of nitrogens with two attached hydrogens (primary N) is 1. The second-order valence-electron chi connectivity index (χ2n) is 4.48. The molecule has 20 heavy (non-hydrogen) atoms. The van der Waals surface area contributed by atoms with E-state index in [1.165, 1.54) is 6.07 Å². The third-order valence-electron chi connectivity index (χ3n) is 3.22. The van der Waals surface area contributed by atoms with Gasteiger partial charge in [0, 0.05) is 23.1 Å². The zero-order valence-corrected chi connectivity index (χ0v) is 13.4. The third kappa shape index (κ3) is 4.85. The summed E-state index contributed by atoms with van der Waals surface area (Å²) in [6.07, 6.45) is 0. The lowest BCUT2D eigenvalue weighted by Crippen LogP contribution is -2.39. The first-order valence-corrected chi connectivity index (χ1v) is 7.48. The fraction of sp³-hybridized carbons (Fsp3) is 0.500. The molecule has 0 saturated carbocycles. The van der Waals surface area contributed by atoms with Crippen molar-refractivity contribution in [1.29, 1.82) is 0 Å². The number of nitrogens with zero attached hydrogens (tertiary/aromatic N) is 1. The zero-order valence-electron chi connectivity index (χ0n) is 11.8. The molecule has 0 aliphatic heterocycles. The Morgan fingerprint density at radius 1 is 1.45 bits per heavy atom. The molecule has 0 fully saturated rings. The number of nitrogens with one attached hydrogen (secondary N) is 1. The zero-order chi connectivity index (χ0) is 15.1. The van der Waals surface area contributed by atoms with E-state index in [9.17, 15) is 9.18 Å². The summed E-state index contributed by atoms with van der Waals surface area (Å²) in [6.45, 7) is 7.37. The Labute approximate surface area is 127 Å². The van der Waals surface area contributed by atoms with Crippen LogP contribution in [-0.2, 0) is 4.79 Å². The molecule has 1 amide bonds. The van der Waals surface area contributed by atoms with Gasteiger partial charge in [-0.2, -0.15) is 0 Å². The Hall–Kier alpha value is -0.980. The average molecular weight is 346 g/mol. The van der Waals surface area contributed by atoms with E-state index >= 15 is 0 Å². The van der Waals surface area contributed by atoms with E-state index in [4.69, 9.17) is 5.73 Å². The van der Waals surface area contributed by atoms with Crippen LogP contribution in [0.15, 0.2) is 22.7 Å². The van der Waals surface area contributed by atoms with Crippen molar-refractivity contribution >= 4 is 21.8 Å². The van der Waals surface area contributed by atoms with E-state index in [2.05, 4.69) is 40.0 Å². The van der Waals surface area contributed by atoms with Crippen LogP contribution in [-0.4, -0.2) is 37.0 Å². The van der Waals surface area contributed by atoms with Gasteiger partial charge in [0.2, 0.25) is 5.91 Å². The van der Waals surface area contributed by atoms with Crippen molar-refractivity contribution in [2.75, 3.05) is 26.2 Å². The maximum atomic E-state index is 13.8. The molecule has 0 aromatic heterocycles. The minimum absolute atomic E-state index is 0.270. The van der Waals surface area contributed by atoms with Gasteiger partial charge in [-0.15, -0.1) is 0 Å². The number of carbonyl (C=O) groups excluding carboxylic acids is 1. The molecule has 1 aromatic rings. The van der Waals surface area contributed by atoms with Crippen LogP contribution in [0.3, 0.4) is 0 Å². The van der Waals surface area contributed by atoms with Crippen LogP contribution in [0.1, 0.15) is 25.5 Å². The maximum Gasteiger partial charge on any atom is 0.239 e. The molecular weight excluding hydrogens is 325 g/mol. The van der Waals surface area contributed by atoms with Crippen LogP contribution < -0.4 is 11.1 Å². The Morgan fingerprint density at radius 2 is 2.10 bits per heavy atom. The van der Waals surface area contributed by atoms with Crippen molar-refractivity contribution in [3.05, 3.63) is 34.1 Å². The molecule has 0 aliphatic rings. The van der Waals surface area contributed by atoms with Gasteiger partial charge in [-0.3, -0.25) is 4.79 Å². The van der Waals surface area contributed by atoms with Gasteiger partial charge in [-0.05, 0) is 31.3 Å². The number of hydrogen-bond acceptors (Lipinski definition) is 3. The molecule has 0 spiro atoms. The normalized spacial score (nSPS) is 12.7. The lowest BCUT2D eigenvalue weighted by atomic mass is 10.1. The van der Waals surface area contributed by atoms with Gasteiger partial charge in [0.25, 0.3) is 0 Å². The first-order valence-electron chi connectivity index (χ1n) is 6.69. The number of amides is 1. The van der Waals surface area contributed by atoms with Crippen LogP contribution in [0.2, 0.25) is 0 Å². The van der Waals surface area contributed by atoms with Gasteiger partial charge in [0.1, 0.15) is 11.9 Å². The van der Waals surface area contributed by atoms with E-state index in [0.29, 0.717) is 11.0 Å². The summed E-state index contributed by atoms with van der Waals surface area (Å²) in [5.74, 6) is -1.02. The molecule has 0 radical (unpaired) electrons. The smallest absolute Gasteiger partial charge is 0.239 e. The molecule has 0 heterocycles. The molecule has 112 valence electrons. The van der Waals surface area contributed by atoms with Gasteiger partial charge >= 0.3 is 0 Å². The number of rotatable bonds is 8. The lowest BCUT2D eigenvalue weighted by molar-refractivity contribution is -0.120. The number of benzene rings is 1. The molecule has 1 rings (SSSR count). The molecule has 0 bridgehead atoms. The Bertz CT molecular complexity index is 452. The standard InChI is InChI=1S/C14H21BrFN3O/c1-3-19(4-2)8-7-18-13(14(17)20)11-9-10(15)5-6-12(11)16/h5-6,9,13,18H,3-4,7-8H2,1-2H3,(H2,17,20). The second-order valence-corrected chi connectivity index (χ2v) is 5.40. The summed E-state index contributed by atoms with van der Waals surface area (Å²) in [7, 11) is 0. The predicted molar refractivity (Wildman–Crippen MR) is 81.8 cm³/mol. The maximum absolute atomic E-state index is 13.8. The predicted octanol–water partition coefficient (Wildman–Crippen LogP) is 2.05. The highest BCUT2D eigenvalue weighted by molar-refractivity contribution is 9.10. The highest BCUT2D eigenvalue weighted by atomic mass is 79.9. The van der Waals surface area contributed by atoms with E-state index in [1.54, 1.807) is 12.1 Å². The fourth-order valence-corrected chi connectivity index (χ4v) is 2.39. The van der Waals surface area contributed by atoms with Gasteiger partial charge in [-0.1, -0.05) is 29.8 Å². The van der Waals surface area contributed by atoms with Gasteiger partial charge in [0.15, 0.2) is 0 Å². The quantitative estimate of drug-likeness (QED) is 0.758. The molecule has 3 N–H and O–H groups in total. The Balaban J connectivity index is 2.75. The van der Waals surface area contributed by atoms with Crippen LogP contribution in [0.4, 0.5) is 4.39 Å². The SMILES string of the molecule is CCN(CC)CCNC(C(N)=O)c1cc(Br)ccc1F. The first-order chi connectivity index (χ1) is 9.49. The van der Waals surface area contributed by atoms with E-state index < -0.39 is 17.8 Å². The summed E-state index contributed by atoms with van der Waals surface area (Å²) in [4.78, 5) is 13.8. The van der Waals surface area contributed by atoms with E-state index in [1.807, 2.05) is 0 Å². The number of hydrogen-bond donors (Lipinski definition) is 2. The van der Waals surface area contributed by atoms with Crippen LogP contribution in [0, 0.1) is 5.82 Å². The third-order valence-corrected chi connectivity index (χ3v) is 3.72. The van der Waals surface area contributed by atoms with Crippen molar-refractivity contribution in [3.8, 4) is 0 Å². The van der Waals surface area contributed by atoms with Crippen molar-refractivity contribution in [1.82, 2.24) is 10.2 Å². The monoisotopic (exact) mass is 345 g/mol. The number of likely N-dealkylation sites (N-methyl/N-ethyl adjacent to an activating group) is 1. The van der Waals surface area contributed by atoms with Crippen LogP contribution >= 0.6 is 15.9 Å². The largest absolute Gasteiger partial charge is 0.368 e. The molecule has 1 aromatic carbocycles. The molecule has 1 unspecified atom stereocenters. The molecule has 4 nitrogen and oxygen atoms in total.